The van der Waals surface area contributed by atoms with Crippen LogP contribution in [0, 0.1) is 0 Å². The Labute approximate surface area is 57.4 Å². The van der Waals surface area contributed by atoms with E-state index in [9.17, 15) is 5.11 Å². The molecule has 9 heavy (non-hydrogen) atoms. The molecule has 2 heteroatoms. The number of hydrogen-bond donors (Lipinski definition) is 1. The minimum absolute atomic E-state index is 0.0833. The van der Waals surface area contributed by atoms with Crippen LogP contribution < -0.4 is 10.8 Å². The minimum Gasteiger partial charge on any atom is -0.876 e. The zero-order chi connectivity index (χ0) is 7.70. The van der Waals surface area contributed by atoms with Gasteiger partial charge in [-0.2, -0.15) is 0 Å². The summed E-state index contributed by atoms with van der Waals surface area (Å²) in [4.78, 5) is 0. The van der Waals surface area contributed by atoms with E-state index in [0.717, 1.165) is 6.54 Å². The predicted octanol–water partition coefficient (Wildman–Crippen LogP) is -0.0913. The third-order valence-electron chi connectivity index (χ3n) is 0.604. The number of rotatable bonds is 2. The maximum Gasteiger partial charge on any atom is 0.0739 e. The number of quaternary nitrogens is 1. The molecule has 0 heterocycles. The van der Waals surface area contributed by atoms with Gasteiger partial charge in [0.05, 0.1) is 6.54 Å². The van der Waals surface area contributed by atoms with Gasteiger partial charge < -0.3 is 10.8 Å². The first-order valence-corrected chi connectivity index (χ1v) is 3.26. The zero-order valence-electron chi connectivity index (χ0n) is 6.44. The van der Waals surface area contributed by atoms with Crippen molar-refractivity contribution in [1.82, 2.24) is 0 Å². The van der Waals surface area contributed by atoms with Gasteiger partial charge in [-0.15, -0.1) is 12.3 Å². The summed E-state index contributed by atoms with van der Waals surface area (Å²) in [6.45, 7) is 7.68. The predicted molar refractivity (Wildman–Crippen MR) is 37.5 cm³/mol. The van der Waals surface area contributed by atoms with Crippen molar-refractivity contribution >= 4 is 0 Å². The Bertz CT molecular complexity index is 55.9. The molecule has 0 fully saturated rings. The highest BCUT2D eigenvalue weighted by Gasteiger charge is 1.71. The Morgan fingerprint density at radius 1 is 1.67 bits per heavy atom. The summed E-state index contributed by atoms with van der Waals surface area (Å²) in [5, 5.41) is 9.33. The number of hydrogen-bond acceptors (Lipinski definition) is 1. The molecule has 2 nitrogen and oxygen atoms in total. The van der Waals surface area contributed by atoms with E-state index in [4.69, 9.17) is 0 Å². The van der Waals surface area contributed by atoms with Gasteiger partial charge in [0.25, 0.3) is 0 Å². The van der Waals surface area contributed by atoms with Crippen molar-refractivity contribution < 1.29 is 10.8 Å². The second-order valence-corrected chi connectivity index (χ2v) is 1.91. The molecule has 0 bridgehead atoms. The average Bonchev–Trinajstić information content (AvgIpc) is 1.66. The third kappa shape index (κ3) is 101. The van der Waals surface area contributed by atoms with E-state index in [2.05, 4.69) is 19.2 Å². The van der Waals surface area contributed by atoms with Crippen molar-refractivity contribution in [1.29, 1.82) is 0 Å². The lowest BCUT2D eigenvalue weighted by Gasteiger charge is -1.92. The lowest BCUT2D eigenvalue weighted by molar-refractivity contribution is -0.368. The van der Waals surface area contributed by atoms with Crippen molar-refractivity contribution in [2.24, 2.45) is 0 Å². The van der Waals surface area contributed by atoms with E-state index in [1.165, 1.54) is 19.8 Å². The Morgan fingerprint density at radius 3 is 2.00 bits per heavy atom. The van der Waals surface area contributed by atoms with Gasteiger partial charge in [0.1, 0.15) is 0 Å². The van der Waals surface area contributed by atoms with Gasteiger partial charge in [-0.1, -0.05) is 20.3 Å². The summed E-state index contributed by atoms with van der Waals surface area (Å²) >= 11 is 0. The number of allylic oxidation sites excluding steroid dienone is 1. The van der Waals surface area contributed by atoms with Crippen molar-refractivity contribution in [3.05, 3.63) is 12.3 Å². The highest BCUT2D eigenvalue weighted by atomic mass is 16.3. The summed E-state index contributed by atoms with van der Waals surface area (Å²) in [6.07, 6.45) is 2.56. The quantitative estimate of drug-likeness (QED) is 0.523. The molecular weight excluding hydrogens is 114 g/mol. The lowest BCUT2D eigenvalue weighted by Crippen LogP contribution is -2.49. The summed E-state index contributed by atoms with van der Waals surface area (Å²) in [7, 11) is 0. The molecule has 3 N–H and O–H groups in total. The van der Waals surface area contributed by atoms with E-state index in [1.807, 2.05) is 0 Å². The fraction of sp³-hybridized carbons (Fsp3) is 0.714. The normalized spacial score (nSPS) is 7.44. The van der Waals surface area contributed by atoms with Gasteiger partial charge in [0.15, 0.2) is 0 Å². The number of unbranched alkanes of at least 4 members (excludes halogenated alkanes) is 1. The first-order valence-electron chi connectivity index (χ1n) is 3.26. The fourth-order valence-electron chi connectivity index (χ4n) is 0.250. The Balaban J connectivity index is 0. The first kappa shape index (κ1) is 11.3. The van der Waals surface area contributed by atoms with Crippen LogP contribution in [0.3, 0.4) is 0 Å². The molecule has 0 aromatic heterocycles. The van der Waals surface area contributed by atoms with Crippen LogP contribution in [0.1, 0.15) is 26.7 Å². The highest BCUT2D eigenvalue weighted by Crippen LogP contribution is 1.75. The molecule has 0 aliphatic rings. The first-order chi connectivity index (χ1) is 4.15. The highest BCUT2D eigenvalue weighted by molar-refractivity contribution is 4.64. The smallest absolute Gasteiger partial charge is 0.0739 e. The largest absolute Gasteiger partial charge is 0.876 e. The van der Waals surface area contributed by atoms with Gasteiger partial charge in [0.2, 0.25) is 0 Å². The average molecular weight is 131 g/mol. The molecule has 0 aromatic carbocycles. The summed E-state index contributed by atoms with van der Waals surface area (Å²) in [6, 6.07) is 0. The molecule has 0 unspecified atom stereocenters. The molecule has 0 aliphatic heterocycles. The van der Waals surface area contributed by atoms with Gasteiger partial charge in [-0.3, -0.25) is 0 Å². The molecule has 0 rings (SSSR count). The van der Waals surface area contributed by atoms with Crippen LogP contribution in [0.5, 0.6) is 0 Å². The van der Waals surface area contributed by atoms with Gasteiger partial charge in [-0.25, -0.2) is 0 Å². The van der Waals surface area contributed by atoms with Crippen LogP contribution >= 0.6 is 0 Å². The molecule has 56 valence electrons. The molecule has 0 atom stereocenters. The standard InChI is InChI=1S/C4H11N.C3H6O/c1-2-3-4-5;1-3(2)4/h2-5H2,1H3;4H,1H2,2H3. The summed E-state index contributed by atoms with van der Waals surface area (Å²) in [5.74, 6) is -0.0833. The maximum absolute atomic E-state index is 9.33. The van der Waals surface area contributed by atoms with E-state index < -0.39 is 0 Å². The fourth-order valence-corrected chi connectivity index (χ4v) is 0.250. The topological polar surface area (TPSA) is 50.7 Å². The van der Waals surface area contributed by atoms with E-state index in [1.54, 1.807) is 0 Å². The summed E-state index contributed by atoms with van der Waals surface area (Å²) < 4.78 is 0. The van der Waals surface area contributed by atoms with Crippen molar-refractivity contribution in [3.8, 4) is 0 Å². The van der Waals surface area contributed by atoms with Crippen molar-refractivity contribution in [3.63, 3.8) is 0 Å². The zero-order valence-corrected chi connectivity index (χ0v) is 6.44. The second-order valence-electron chi connectivity index (χ2n) is 1.91. The molecule has 0 aromatic rings. The third-order valence-corrected chi connectivity index (χ3v) is 0.604. The van der Waals surface area contributed by atoms with Crippen LogP contribution in [-0.2, 0) is 0 Å². The van der Waals surface area contributed by atoms with Gasteiger partial charge in [0, 0.05) is 0 Å². The van der Waals surface area contributed by atoms with Crippen LogP contribution in [0.4, 0.5) is 0 Å². The van der Waals surface area contributed by atoms with E-state index in [-0.39, 0.29) is 5.76 Å². The van der Waals surface area contributed by atoms with Crippen LogP contribution in [-0.4, -0.2) is 6.54 Å². The van der Waals surface area contributed by atoms with Crippen LogP contribution in [0.25, 0.3) is 0 Å². The molecule has 0 radical (unpaired) electrons. The Morgan fingerprint density at radius 2 is 2.00 bits per heavy atom. The lowest BCUT2D eigenvalue weighted by atomic mass is 10.3. The SMILES string of the molecule is C=C(C)[O-].CCCC[NH3+]. The van der Waals surface area contributed by atoms with Crippen LogP contribution in [0.15, 0.2) is 12.3 Å². The van der Waals surface area contributed by atoms with Crippen molar-refractivity contribution in [2.45, 2.75) is 26.7 Å². The molecule has 0 amide bonds. The Kier molecular flexibility index (Phi) is 13.2. The molecule has 0 saturated carbocycles. The molecule has 0 saturated heterocycles. The summed E-state index contributed by atoms with van der Waals surface area (Å²) in [5.41, 5.74) is 3.68. The van der Waals surface area contributed by atoms with E-state index in [0.29, 0.717) is 0 Å². The minimum atomic E-state index is -0.0833. The second kappa shape index (κ2) is 10.5. The van der Waals surface area contributed by atoms with Crippen LogP contribution in [0.2, 0.25) is 0 Å². The molecule has 0 aliphatic carbocycles. The van der Waals surface area contributed by atoms with Gasteiger partial charge >= 0.3 is 0 Å². The maximum atomic E-state index is 9.33. The molecule has 0 spiro atoms. The van der Waals surface area contributed by atoms with Gasteiger partial charge in [-0.05, 0) is 6.42 Å². The monoisotopic (exact) mass is 131 g/mol. The molecular formula is C7H17NO. The van der Waals surface area contributed by atoms with E-state index >= 15 is 0 Å². The van der Waals surface area contributed by atoms with Crippen molar-refractivity contribution in [2.75, 3.05) is 6.54 Å². The Hall–Kier alpha value is -0.500.